The van der Waals surface area contributed by atoms with Crippen molar-refractivity contribution in [1.82, 2.24) is 4.90 Å². The van der Waals surface area contributed by atoms with E-state index in [1.807, 2.05) is 13.8 Å². The van der Waals surface area contributed by atoms with Gasteiger partial charge in [0.1, 0.15) is 11.5 Å². The molecule has 0 aromatic heterocycles. The fraction of sp³-hybridized carbons (Fsp3) is 0.304. The Balaban J connectivity index is 2.01. The zero-order valence-electron chi connectivity index (χ0n) is 16.8. The highest BCUT2D eigenvalue weighted by atomic mass is 35.5. The predicted molar refractivity (Wildman–Crippen MR) is 114 cm³/mol. The molecular weight excluding hydrogens is 406 g/mol. The van der Waals surface area contributed by atoms with E-state index in [9.17, 15) is 19.8 Å². The fourth-order valence-corrected chi connectivity index (χ4v) is 3.56. The maximum Gasteiger partial charge on any atom is 0.295 e. The predicted octanol–water partition coefficient (Wildman–Crippen LogP) is 4.28. The number of aliphatic hydroxyl groups is 1. The lowest BCUT2D eigenvalue weighted by molar-refractivity contribution is -0.140. The van der Waals surface area contributed by atoms with Crippen LogP contribution in [0.2, 0.25) is 5.02 Å². The maximum atomic E-state index is 12.9. The number of ketones is 1. The van der Waals surface area contributed by atoms with E-state index in [0.717, 1.165) is 0 Å². The molecule has 2 aromatic rings. The molecule has 2 N–H and O–H groups in total. The van der Waals surface area contributed by atoms with Crippen molar-refractivity contribution in [3.63, 3.8) is 0 Å². The van der Waals surface area contributed by atoms with Crippen LogP contribution in [0.1, 0.15) is 37.4 Å². The summed E-state index contributed by atoms with van der Waals surface area (Å²) in [6.45, 7) is 4.59. The van der Waals surface area contributed by atoms with Crippen LogP contribution in [0.25, 0.3) is 5.76 Å². The van der Waals surface area contributed by atoms with Crippen LogP contribution in [0.3, 0.4) is 0 Å². The summed E-state index contributed by atoms with van der Waals surface area (Å²) < 4.78 is 5.55. The van der Waals surface area contributed by atoms with E-state index < -0.39 is 17.7 Å². The Hall–Kier alpha value is -2.83. The van der Waals surface area contributed by atoms with Crippen molar-refractivity contribution in [1.29, 1.82) is 0 Å². The molecule has 1 amide bonds. The van der Waals surface area contributed by atoms with Crippen LogP contribution < -0.4 is 0 Å². The minimum Gasteiger partial charge on any atom is -0.508 e. The summed E-state index contributed by atoms with van der Waals surface area (Å²) in [5.41, 5.74) is 1.02. The summed E-state index contributed by atoms with van der Waals surface area (Å²) in [6.07, 6.45) is 0.610. The van der Waals surface area contributed by atoms with Crippen LogP contribution in [0.15, 0.2) is 54.1 Å². The second kappa shape index (κ2) is 9.32. The first-order chi connectivity index (χ1) is 14.3. The zero-order valence-corrected chi connectivity index (χ0v) is 17.6. The lowest BCUT2D eigenvalue weighted by Crippen LogP contribution is -2.31. The summed E-state index contributed by atoms with van der Waals surface area (Å²) in [5.74, 6) is -1.61. The van der Waals surface area contributed by atoms with Gasteiger partial charge in [0.15, 0.2) is 0 Å². The minimum absolute atomic E-state index is 0.0118. The third-order valence-corrected chi connectivity index (χ3v) is 5.11. The van der Waals surface area contributed by atoms with E-state index in [1.165, 1.54) is 17.0 Å². The molecule has 30 heavy (non-hydrogen) atoms. The summed E-state index contributed by atoms with van der Waals surface area (Å²) in [5, 5.41) is 21.0. The van der Waals surface area contributed by atoms with Crippen molar-refractivity contribution in [2.45, 2.75) is 32.4 Å². The Kier molecular flexibility index (Phi) is 6.80. The van der Waals surface area contributed by atoms with Gasteiger partial charge in [0.25, 0.3) is 11.7 Å². The van der Waals surface area contributed by atoms with Gasteiger partial charge in [-0.3, -0.25) is 9.59 Å². The van der Waals surface area contributed by atoms with Crippen LogP contribution >= 0.6 is 11.6 Å². The quantitative estimate of drug-likeness (QED) is 0.297. The molecule has 2 aromatic carbocycles. The molecule has 1 aliphatic rings. The van der Waals surface area contributed by atoms with Crippen molar-refractivity contribution in [2.75, 3.05) is 13.2 Å². The number of hydrogen-bond donors (Lipinski definition) is 2. The third-order valence-electron chi connectivity index (χ3n) is 4.86. The summed E-state index contributed by atoms with van der Waals surface area (Å²) in [4.78, 5) is 27.1. The van der Waals surface area contributed by atoms with Gasteiger partial charge in [0.2, 0.25) is 0 Å². The van der Waals surface area contributed by atoms with E-state index >= 15 is 0 Å². The normalized spacial score (nSPS) is 18.4. The molecular formula is C23H24ClNO5. The first-order valence-corrected chi connectivity index (χ1v) is 10.1. The number of nitrogens with zero attached hydrogens (tertiary/aromatic N) is 1. The summed E-state index contributed by atoms with van der Waals surface area (Å²) >= 11 is 5.92. The van der Waals surface area contributed by atoms with E-state index in [2.05, 4.69) is 0 Å². The van der Waals surface area contributed by atoms with Crippen molar-refractivity contribution >= 4 is 29.1 Å². The molecule has 0 saturated carbocycles. The number of aromatic hydroxyl groups is 1. The number of phenolic OH excluding ortho intramolecular Hbond substituents is 1. The van der Waals surface area contributed by atoms with E-state index in [0.29, 0.717) is 35.7 Å². The molecule has 0 spiro atoms. The Morgan fingerprint density at radius 3 is 2.33 bits per heavy atom. The number of halogens is 1. The summed E-state index contributed by atoms with van der Waals surface area (Å²) in [6, 6.07) is 11.9. The molecule has 0 bridgehead atoms. The highest BCUT2D eigenvalue weighted by molar-refractivity contribution is 6.46. The molecule has 0 aliphatic carbocycles. The first kappa shape index (κ1) is 21.9. The van der Waals surface area contributed by atoms with Crippen LogP contribution in [-0.4, -0.2) is 46.1 Å². The average Bonchev–Trinajstić information content (AvgIpc) is 2.96. The zero-order chi connectivity index (χ0) is 21.8. The average molecular weight is 430 g/mol. The van der Waals surface area contributed by atoms with Crippen molar-refractivity contribution in [3.05, 3.63) is 70.3 Å². The lowest BCUT2D eigenvalue weighted by atomic mass is 9.95. The molecule has 3 rings (SSSR count). The van der Waals surface area contributed by atoms with E-state index in [4.69, 9.17) is 16.3 Å². The number of carbonyl (C=O) groups excluding carboxylic acids is 2. The number of benzene rings is 2. The smallest absolute Gasteiger partial charge is 0.295 e. The Labute approximate surface area is 180 Å². The molecule has 1 heterocycles. The SMILES string of the molecule is CC(C)OCCCN1C(=O)C(=O)C(=C(O)c2ccc(Cl)cc2)[C@@H]1c1ccc(O)cc1. The largest absolute Gasteiger partial charge is 0.508 e. The van der Waals surface area contributed by atoms with Crippen LogP contribution in [0, 0.1) is 0 Å². The highest BCUT2D eigenvalue weighted by Gasteiger charge is 2.45. The van der Waals surface area contributed by atoms with Crippen LogP contribution in [0.5, 0.6) is 5.75 Å². The number of rotatable bonds is 7. The molecule has 0 unspecified atom stereocenters. The van der Waals surface area contributed by atoms with Crippen molar-refractivity contribution in [2.24, 2.45) is 0 Å². The second-order valence-electron chi connectivity index (χ2n) is 7.36. The van der Waals surface area contributed by atoms with Gasteiger partial charge >= 0.3 is 0 Å². The van der Waals surface area contributed by atoms with Gasteiger partial charge in [-0.25, -0.2) is 0 Å². The van der Waals surface area contributed by atoms with Crippen LogP contribution in [0.4, 0.5) is 0 Å². The molecule has 1 saturated heterocycles. The number of ether oxygens (including phenoxy) is 1. The van der Waals surface area contributed by atoms with Gasteiger partial charge in [0.05, 0.1) is 17.7 Å². The molecule has 0 radical (unpaired) electrons. The van der Waals surface area contributed by atoms with Crippen LogP contribution in [-0.2, 0) is 14.3 Å². The Morgan fingerprint density at radius 1 is 1.10 bits per heavy atom. The summed E-state index contributed by atoms with van der Waals surface area (Å²) in [7, 11) is 0. The number of phenols is 1. The molecule has 1 atom stereocenters. The van der Waals surface area contributed by atoms with Gasteiger partial charge in [-0.1, -0.05) is 23.7 Å². The maximum absolute atomic E-state index is 12.9. The third kappa shape index (κ3) is 4.66. The second-order valence-corrected chi connectivity index (χ2v) is 7.80. The van der Waals surface area contributed by atoms with Crippen molar-refractivity contribution in [3.8, 4) is 5.75 Å². The Bertz CT molecular complexity index is 951. The van der Waals surface area contributed by atoms with Crippen molar-refractivity contribution < 1.29 is 24.5 Å². The lowest BCUT2D eigenvalue weighted by Gasteiger charge is -2.25. The molecule has 6 nitrogen and oxygen atoms in total. The fourth-order valence-electron chi connectivity index (χ4n) is 3.43. The minimum atomic E-state index is -0.764. The molecule has 158 valence electrons. The van der Waals surface area contributed by atoms with E-state index in [1.54, 1.807) is 36.4 Å². The van der Waals surface area contributed by atoms with Gasteiger partial charge in [0, 0.05) is 23.7 Å². The first-order valence-electron chi connectivity index (χ1n) is 9.74. The van der Waals surface area contributed by atoms with E-state index in [-0.39, 0.29) is 23.2 Å². The van der Waals surface area contributed by atoms with Gasteiger partial charge in [-0.05, 0) is 62.2 Å². The number of hydrogen-bond acceptors (Lipinski definition) is 5. The monoisotopic (exact) mass is 429 g/mol. The van der Waals surface area contributed by atoms with Gasteiger partial charge in [-0.2, -0.15) is 0 Å². The molecule has 7 heteroatoms. The number of likely N-dealkylation sites (tertiary alicyclic amines) is 1. The van der Waals surface area contributed by atoms with Gasteiger partial charge < -0.3 is 19.8 Å². The highest BCUT2D eigenvalue weighted by Crippen LogP contribution is 2.39. The Morgan fingerprint density at radius 2 is 1.73 bits per heavy atom. The molecule has 1 fully saturated rings. The number of Topliss-reactive ketones (excluding diaryl/α,β-unsaturated/α-hetero) is 1. The number of amides is 1. The number of aliphatic hydroxyl groups excluding tert-OH is 1. The molecule has 1 aliphatic heterocycles. The topological polar surface area (TPSA) is 87.1 Å². The number of carbonyl (C=O) groups is 2. The standard InChI is InChI=1S/C23H24ClNO5/c1-14(2)30-13-3-12-25-20(15-6-10-18(26)11-7-15)19(22(28)23(25)29)21(27)16-4-8-17(24)9-5-16/h4-11,14,20,26-27H,3,12-13H2,1-2H3/t20-/m0/s1. The van der Waals surface area contributed by atoms with Gasteiger partial charge in [-0.15, -0.1) is 0 Å².